The second kappa shape index (κ2) is 7.14. The zero-order chi connectivity index (χ0) is 17.3. The summed E-state index contributed by atoms with van der Waals surface area (Å²) in [7, 11) is 2.56. The molecule has 1 heterocycles. The number of hydrogen-bond donors (Lipinski definition) is 1. The molecule has 1 aromatic carbocycles. The van der Waals surface area contributed by atoms with E-state index < -0.39 is 22.9 Å². The number of aliphatic carboxylic acids is 1. The van der Waals surface area contributed by atoms with Crippen LogP contribution in [0.2, 0.25) is 0 Å². The van der Waals surface area contributed by atoms with Crippen LogP contribution in [-0.4, -0.2) is 25.9 Å². The molecule has 1 aliphatic rings. The maximum Gasteiger partial charge on any atom is 0.317 e. The Morgan fingerprint density at radius 2 is 2.25 bits per heavy atom. The molecule has 0 aliphatic heterocycles. The quantitative estimate of drug-likeness (QED) is 0.776. The van der Waals surface area contributed by atoms with E-state index in [1.807, 2.05) is 11.5 Å². The van der Waals surface area contributed by atoms with E-state index in [9.17, 15) is 13.6 Å². The third-order valence-electron chi connectivity index (χ3n) is 4.10. The molecule has 3 rings (SSSR count). The van der Waals surface area contributed by atoms with Crippen LogP contribution in [0.3, 0.4) is 0 Å². The number of rotatable bonds is 6. The topological polar surface area (TPSA) is 55.1 Å². The van der Waals surface area contributed by atoms with Crippen LogP contribution in [0.4, 0.5) is 8.78 Å². The van der Waals surface area contributed by atoms with E-state index in [-0.39, 0.29) is 6.04 Å². The van der Waals surface area contributed by atoms with Crippen LogP contribution >= 0.6 is 21.6 Å². The predicted molar refractivity (Wildman–Crippen MR) is 90.2 cm³/mol. The van der Waals surface area contributed by atoms with Crippen molar-refractivity contribution in [3.63, 3.8) is 0 Å². The lowest BCUT2D eigenvalue weighted by Crippen LogP contribution is -2.14. The number of carboxylic acids is 1. The highest BCUT2D eigenvalue weighted by atomic mass is 33.1. The molecule has 24 heavy (non-hydrogen) atoms. The summed E-state index contributed by atoms with van der Waals surface area (Å²) in [5, 5.41) is 9.29. The fourth-order valence-electron chi connectivity index (χ4n) is 2.83. The number of nitrogens with zero attached hydrogens (tertiary/aromatic N) is 2. The van der Waals surface area contributed by atoms with Gasteiger partial charge in [-0.3, -0.25) is 4.79 Å². The molecule has 128 valence electrons. The van der Waals surface area contributed by atoms with Gasteiger partial charge in [0.25, 0.3) is 0 Å². The Labute approximate surface area is 146 Å². The van der Waals surface area contributed by atoms with Gasteiger partial charge in [-0.15, -0.1) is 0 Å². The maximum atomic E-state index is 13.9. The summed E-state index contributed by atoms with van der Waals surface area (Å²) in [5.74, 6) is -2.44. The van der Waals surface area contributed by atoms with Gasteiger partial charge in [-0.05, 0) is 47.2 Å². The molecule has 0 amide bonds. The van der Waals surface area contributed by atoms with Gasteiger partial charge in [0.1, 0.15) is 5.25 Å². The smallest absolute Gasteiger partial charge is 0.317 e. The Hall–Kier alpha value is -1.54. The molecule has 1 aliphatic carbocycles. The van der Waals surface area contributed by atoms with Crippen molar-refractivity contribution in [2.45, 2.75) is 42.6 Å². The van der Waals surface area contributed by atoms with Gasteiger partial charge in [0.2, 0.25) is 0 Å². The number of carbonyl (C=O) groups is 1. The van der Waals surface area contributed by atoms with Crippen LogP contribution in [0.5, 0.6) is 0 Å². The Kier molecular flexibility index (Phi) is 5.15. The highest BCUT2D eigenvalue weighted by Gasteiger charge is 2.29. The van der Waals surface area contributed by atoms with Gasteiger partial charge >= 0.3 is 5.97 Å². The van der Waals surface area contributed by atoms with Crippen molar-refractivity contribution in [3.8, 4) is 0 Å². The number of benzene rings is 1. The summed E-state index contributed by atoms with van der Waals surface area (Å²) < 4.78 is 29.2. The fourth-order valence-corrected chi connectivity index (χ4v) is 5.30. The van der Waals surface area contributed by atoms with Gasteiger partial charge in [-0.1, -0.05) is 23.8 Å². The summed E-state index contributed by atoms with van der Waals surface area (Å²) in [4.78, 5) is 15.4. The number of halogens is 2. The van der Waals surface area contributed by atoms with Gasteiger partial charge in [0.05, 0.1) is 0 Å². The largest absolute Gasteiger partial charge is 0.480 e. The highest BCUT2D eigenvalue weighted by Crippen LogP contribution is 2.39. The molecule has 0 saturated heterocycles. The minimum absolute atomic E-state index is 0.0354. The Bertz CT molecular complexity index is 767. The summed E-state index contributed by atoms with van der Waals surface area (Å²) >= 11 is 0. The van der Waals surface area contributed by atoms with Gasteiger partial charge in [0.15, 0.2) is 16.8 Å². The molecule has 0 saturated carbocycles. The molecular weight excluding hydrogens is 354 g/mol. The molecule has 1 aromatic heterocycles. The van der Waals surface area contributed by atoms with Crippen LogP contribution < -0.4 is 0 Å². The molecule has 0 fully saturated rings. The van der Waals surface area contributed by atoms with Crippen LogP contribution in [-0.2, 0) is 17.6 Å². The third-order valence-corrected chi connectivity index (χ3v) is 6.86. The molecule has 4 nitrogen and oxygen atoms in total. The highest BCUT2D eigenvalue weighted by molar-refractivity contribution is 8.77. The van der Waals surface area contributed by atoms with Gasteiger partial charge in [-0.2, -0.15) is 0 Å². The second-order valence-electron chi connectivity index (χ2n) is 5.59. The lowest BCUT2D eigenvalue weighted by atomic mass is 10.1. The molecule has 2 aromatic rings. The molecule has 0 spiro atoms. The molecular formula is C16H16F2N2O2S2. The van der Waals surface area contributed by atoms with Crippen LogP contribution in [0.25, 0.3) is 0 Å². The summed E-state index contributed by atoms with van der Waals surface area (Å²) in [6, 6.07) is 2.75. The van der Waals surface area contributed by atoms with Crippen molar-refractivity contribution in [1.29, 1.82) is 0 Å². The molecule has 1 N–H and O–H groups in total. The Morgan fingerprint density at radius 1 is 1.46 bits per heavy atom. The molecule has 0 bridgehead atoms. The Balaban J connectivity index is 1.75. The van der Waals surface area contributed by atoms with Crippen molar-refractivity contribution in [2.75, 3.05) is 0 Å². The van der Waals surface area contributed by atoms with Crippen molar-refractivity contribution in [1.82, 2.24) is 9.55 Å². The van der Waals surface area contributed by atoms with E-state index in [4.69, 9.17) is 5.11 Å². The first kappa shape index (κ1) is 17.3. The van der Waals surface area contributed by atoms with Gasteiger partial charge in [-0.25, -0.2) is 13.8 Å². The number of aromatic nitrogens is 2. The number of imidazole rings is 1. The van der Waals surface area contributed by atoms with Crippen LogP contribution in [0.15, 0.2) is 29.7 Å². The lowest BCUT2D eigenvalue weighted by molar-refractivity contribution is -0.136. The second-order valence-corrected chi connectivity index (χ2v) is 7.96. The average Bonchev–Trinajstić information content (AvgIpc) is 3.17. The minimum atomic E-state index is -0.848. The third kappa shape index (κ3) is 3.30. The first-order valence-electron chi connectivity index (χ1n) is 7.56. The standard InChI is InChI=1S/C16H16F2N2O2S2/c1-2-13(15(21)22)23-24-16-19-5-6-20(16)10-7-9-3-4-12(17)14(18)11(9)8-10/h3-6,10,13H,2,7-8H2,1H3,(H,21,22). The number of hydrogen-bond acceptors (Lipinski definition) is 4. The first-order chi connectivity index (χ1) is 11.5. The van der Waals surface area contributed by atoms with Gasteiger partial charge < -0.3 is 9.67 Å². The lowest BCUT2D eigenvalue weighted by Gasteiger charge is -2.15. The van der Waals surface area contributed by atoms with E-state index in [2.05, 4.69) is 4.98 Å². The molecule has 2 unspecified atom stereocenters. The SMILES string of the molecule is CCC(SSc1nccn1C1Cc2ccc(F)c(F)c2C1)C(=O)O. The van der Waals surface area contributed by atoms with E-state index in [0.717, 1.165) is 11.6 Å². The minimum Gasteiger partial charge on any atom is -0.480 e. The van der Waals surface area contributed by atoms with Crippen molar-refractivity contribution >= 4 is 27.6 Å². The van der Waals surface area contributed by atoms with Crippen molar-refractivity contribution in [2.24, 2.45) is 0 Å². The normalized spacial score (nSPS) is 17.7. The summed E-state index contributed by atoms with van der Waals surface area (Å²) in [6.07, 6.45) is 4.98. The van der Waals surface area contributed by atoms with Crippen molar-refractivity contribution < 1.29 is 18.7 Å². The van der Waals surface area contributed by atoms with E-state index >= 15 is 0 Å². The molecule has 2 atom stereocenters. The number of carboxylic acid groups (broad SMARTS) is 1. The summed E-state index contributed by atoms with van der Waals surface area (Å²) in [5.41, 5.74) is 1.24. The first-order valence-corrected chi connectivity index (χ1v) is 9.77. The monoisotopic (exact) mass is 370 g/mol. The van der Waals surface area contributed by atoms with Crippen LogP contribution in [0, 0.1) is 11.6 Å². The van der Waals surface area contributed by atoms with E-state index in [1.165, 1.54) is 21.6 Å². The van der Waals surface area contributed by atoms with E-state index in [0.29, 0.717) is 30.0 Å². The number of fused-ring (bicyclic) bond motifs is 1. The van der Waals surface area contributed by atoms with Crippen LogP contribution in [0.1, 0.15) is 30.5 Å². The average molecular weight is 370 g/mol. The van der Waals surface area contributed by atoms with E-state index in [1.54, 1.807) is 18.5 Å². The predicted octanol–water partition coefficient (Wildman–Crippen LogP) is 4.10. The van der Waals surface area contributed by atoms with Crippen molar-refractivity contribution in [3.05, 3.63) is 47.3 Å². The Morgan fingerprint density at radius 3 is 2.96 bits per heavy atom. The molecule has 0 radical (unpaired) electrons. The maximum absolute atomic E-state index is 13.9. The summed E-state index contributed by atoms with van der Waals surface area (Å²) in [6.45, 7) is 1.82. The zero-order valence-corrected chi connectivity index (χ0v) is 14.5. The molecule has 8 heteroatoms. The fraction of sp³-hybridized carbons (Fsp3) is 0.375. The van der Waals surface area contributed by atoms with Gasteiger partial charge in [0, 0.05) is 18.4 Å². The zero-order valence-electron chi connectivity index (χ0n) is 12.9.